The maximum absolute atomic E-state index is 12.3. The predicted octanol–water partition coefficient (Wildman–Crippen LogP) is -0.465. The van der Waals surface area contributed by atoms with Gasteiger partial charge in [-0.3, -0.25) is 4.79 Å². The average Bonchev–Trinajstić information content (AvgIpc) is 3.22. The lowest BCUT2D eigenvalue weighted by Crippen LogP contribution is -2.58. The highest BCUT2D eigenvalue weighted by Gasteiger charge is 2.60. The first kappa shape index (κ1) is 19.6. The molecule has 3 N–H and O–H groups in total. The Morgan fingerprint density at radius 1 is 1.41 bits per heavy atom. The fourth-order valence-corrected chi connectivity index (χ4v) is 4.37. The van der Waals surface area contributed by atoms with Crippen LogP contribution in [0.25, 0.3) is 0 Å². The summed E-state index contributed by atoms with van der Waals surface area (Å²) in [4.78, 5) is 31.8. The van der Waals surface area contributed by atoms with Crippen LogP contribution in [0.15, 0.2) is 41.5 Å². The SMILES string of the molecule is O=c1[nH]cnc2c1N([N+](=O)[O-])CN2[C@]1(Cc2ccccc2)O[C@H](CO)[C@@H](O)[C@H]1S. The van der Waals surface area contributed by atoms with Gasteiger partial charge in [-0.15, -0.1) is 0 Å². The van der Waals surface area contributed by atoms with E-state index in [0.29, 0.717) is 5.01 Å². The number of aromatic amines is 1. The highest BCUT2D eigenvalue weighted by molar-refractivity contribution is 7.81. The van der Waals surface area contributed by atoms with Crippen LogP contribution in [0, 0.1) is 10.1 Å². The Morgan fingerprint density at radius 3 is 2.76 bits per heavy atom. The zero-order valence-corrected chi connectivity index (χ0v) is 16.0. The van der Waals surface area contributed by atoms with Crippen molar-refractivity contribution < 1.29 is 20.0 Å². The zero-order chi connectivity index (χ0) is 20.8. The number of nitrogens with zero attached hydrogens (tertiary/aromatic N) is 4. The van der Waals surface area contributed by atoms with Crippen molar-refractivity contribution in [2.45, 2.75) is 29.6 Å². The summed E-state index contributed by atoms with van der Waals surface area (Å²) in [5.41, 5.74) is -1.46. The van der Waals surface area contributed by atoms with Crippen LogP contribution < -0.4 is 15.5 Å². The van der Waals surface area contributed by atoms with Gasteiger partial charge in [0.15, 0.2) is 23.2 Å². The lowest BCUT2D eigenvalue weighted by Gasteiger charge is -2.41. The molecule has 1 fully saturated rings. The summed E-state index contributed by atoms with van der Waals surface area (Å²) in [5.74, 6) is 0.0474. The van der Waals surface area contributed by atoms with Gasteiger partial charge < -0.3 is 24.8 Å². The largest absolute Gasteiger partial charge is 0.394 e. The lowest BCUT2D eigenvalue weighted by atomic mass is 9.96. The standard InChI is InChI=1S/C17H19N5O6S/c23-7-11-13(24)14(29)17(28-11,6-10-4-2-1-3-5-10)20-9-21(22(26)27)12-15(20)18-8-19-16(12)25/h1-5,8,11,13-14,23-24,29H,6-7,9H2,(H,18,19,25)/t11-,13-,14-,17-/m1/s1. The Bertz CT molecular complexity index is 974. The van der Waals surface area contributed by atoms with E-state index in [0.717, 1.165) is 11.9 Å². The van der Waals surface area contributed by atoms with E-state index in [1.807, 2.05) is 30.3 Å². The minimum absolute atomic E-state index is 0.0474. The zero-order valence-electron chi connectivity index (χ0n) is 15.1. The second kappa shape index (κ2) is 7.30. The number of benzene rings is 1. The van der Waals surface area contributed by atoms with Crippen molar-refractivity contribution in [2.24, 2.45) is 0 Å². The van der Waals surface area contributed by atoms with Crippen molar-refractivity contribution in [1.29, 1.82) is 0 Å². The number of nitrogens with one attached hydrogen (secondary N) is 1. The number of ether oxygens (including phenoxy) is 1. The number of anilines is 2. The highest BCUT2D eigenvalue weighted by Crippen LogP contribution is 2.46. The van der Waals surface area contributed by atoms with Gasteiger partial charge in [0, 0.05) is 6.42 Å². The summed E-state index contributed by atoms with van der Waals surface area (Å²) in [6, 6.07) is 9.19. The van der Waals surface area contributed by atoms with E-state index in [1.165, 1.54) is 4.90 Å². The molecule has 2 aliphatic rings. The molecule has 0 aliphatic carbocycles. The number of aliphatic hydroxyl groups excluding tert-OH is 2. The van der Waals surface area contributed by atoms with Gasteiger partial charge in [-0.05, 0) is 5.56 Å². The molecule has 154 valence electrons. The first-order valence-electron chi connectivity index (χ1n) is 8.85. The van der Waals surface area contributed by atoms with Gasteiger partial charge >= 0.3 is 0 Å². The normalized spacial score (nSPS) is 28.6. The third-order valence-electron chi connectivity index (χ3n) is 5.25. The molecule has 3 heterocycles. The summed E-state index contributed by atoms with van der Waals surface area (Å²) in [7, 11) is 0. The first-order valence-corrected chi connectivity index (χ1v) is 9.36. The lowest BCUT2D eigenvalue weighted by molar-refractivity contribution is -0.493. The molecule has 1 saturated heterocycles. The second-order valence-corrected chi connectivity index (χ2v) is 7.45. The Hall–Kier alpha value is -2.67. The number of aliphatic hydroxyl groups is 2. The molecule has 12 heteroatoms. The number of hydrogen-bond donors (Lipinski definition) is 4. The molecule has 2 aromatic rings. The summed E-state index contributed by atoms with van der Waals surface area (Å²) >= 11 is 4.56. The van der Waals surface area contributed by atoms with Crippen molar-refractivity contribution in [3.8, 4) is 0 Å². The quantitative estimate of drug-likeness (QED) is 0.286. The Morgan fingerprint density at radius 2 is 2.14 bits per heavy atom. The Kier molecular flexibility index (Phi) is 4.94. The van der Waals surface area contributed by atoms with Crippen molar-refractivity contribution in [3.05, 3.63) is 62.7 Å². The minimum atomic E-state index is -1.39. The van der Waals surface area contributed by atoms with Crippen LogP contribution in [0.3, 0.4) is 0 Å². The molecule has 2 aliphatic heterocycles. The number of hydrogen-bond acceptors (Lipinski definition) is 9. The van der Waals surface area contributed by atoms with Gasteiger partial charge in [0.25, 0.3) is 5.56 Å². The van der Waals surface area contributed by atoms with Gasteiger partial charge in [-0.2, -0.15) is 12.6 Å². The van der Waals surface area contributed by atoms with Crippen LogP contribution in [0.5, 0.6) is 0 Å². The van der Waals surface area contributed by atoms with Crippen molar-refractivity contribution in [2.75, 3.05) is 23.2 Å². The molecule has 0 saturated carbocycles. The number of fused-ring (bicyclic) bond motifs is 1. The van der Waals surface area contributed by atoms with E-state index in [2.05, 4.69) is 22.6 Å². The van der Waals surface area contributed by atoms with E-state index < -0.39 is 40.4 Å². The first-order chi connectivity index (χ1) is 13.9. The van der Waals surface area contributed by atoms with Crippen LogP contribution in [0.4, 0.5) is 11.5 Å². The van der Waals surface area contributed by atoms with E-state index in [4.69, 9.17) is 4.74 Å². The fraction of sp³-hybridized carbons (Fsp3) is 0.412. The van der Waals surface area contributed by atoms with Crippen LogP contribution in [-0.2, 0) is 11.2 Å². The van der Waals surface area contributed by atoms with Crippen molar-refractivity contribution in [3.63, 3.8) is 0 Å². The minimum Gasteiger partial charge on any atom is -0.394 e. The van der Waals surface area contributed by atoms with E-state index >= 15 is 0 Å². The fourth-order valence-electron chi connectivity index (χ4n) is 3.89. The molecular formula is C17H19N5O6S. The van der Waals surface area contributed by atoms with Crippen LogP contribution in [0.2, 0.25) is 0 Å². The number of H-pyrrole nitrogens is 1. The summed E-state index contributed by atoms with van der Waals surface area (Å²) in [6.45, 7) is -0.797. The second-order valence-electron chi connectivity index (χ2n) is 6.89. The van der Waals surface area contributed by atoms with Gasteiger partial charge in [0.05, 0.1) is 24.3 Å². The number of nitro groups is 1. The molecule has 0 spiro atoms. The molecule has 29 heavy (non-hydrogen) atoms. The molecular weight excluding hydrogens is 402 g/mol. The third kappa shape index (κ3) is 3.04. The van der Waals surface area contributed by atoms with Crippen LogP contribution in [-0.4, -0.2) is 61.7 Å². The number of rotatable bonds is 5. The third-order valence-corrected chi connectivity index (χ3v) is 5.96. The summed E-state index contributed by atoms with van der Waals surface area (Å²) in [5, 5.41) is 30.9. The van der Waals surface area contributed by atoms with Crippen LogP contribution in [0.1, 0.15) is 5.56 Å². The summed E-state index contributed by atoms with van der Waals surface area (Å²) in [6.07, 6.45) is -0.746. The van der Waals surface area contributed by atoms with E-state index in [-0.39, 0.29) is 24.6 Å². The molecule has 0 radical (unpaired) electrons. The maximum atomic E-state index is 12.3. The number of hydrazine groups is 1. The van der Waals surface area contributed by atoms with Gasteiger partial charge in [0.1, 0.15) is 6.10 Å². The summed E-state index contributed by atoms with van der Waals surface area (Å²) < 4.78 is 6.08. The topological polar surface area (TPSA) is 145 Å². The van der Waals surface area contributed by atoms with Gasteiger partial charge in [-0.25, -0.2) is 15.1 Å². The molecule has 4 atom stereocenters. The molecule has 0 bridgehead atoms. The molecule has 4 rings (SSSR count). The average molecular weight is 421 g/mol. The van der Waals surface area contributed by atoms with Gasteiger partial charge in [0.2, 0.25) is 5.69 Å². The van der Waals surface area contributed by atoms with Crippen LogP contribution >= 0.6 is 12.6 Å². The van der Waals surface area contributed by atoms with Crippen molar-refractivity contribution in [1.82, 2.24) is 9.97 Å². The monoisotopic (exact) mass is 421 g/mol. The highest BCUT2D eigenvalue weighted by atomic mass is 32.1. The predicted molar refractivity (Wildman–Crippen MR) is 105 cm³/mol. The molecule has 0 amide bonds. The van der Waals surface area contributed by atoms with E-state index in [9.17, 15) is 25.1 Å². The Labute approximate surface area is 170 Å². The maximum Gasteiger partial charge on any atom is 0.282 e. The van der Waals surface area contributed by atoms with Crippen molar-refractivity contribution >= 4 is 24.1 Å². The smallest absolute Gasteiger partial charge is 0.282 e. The Balaban J connectivity index is 1.86. The number of aromatic nitrogens is 2. The molecule has 11 nitrogen and oxygen atoms in total. The molecule has 1 aromatic heterocycles. The number of thiol groups is 1. The molecule has 1 aromatic carbocycles. The van der Waals surface area contributed by atoms with E-state index in [1.54, 1.807) is 0 Å². The molecule has 0 unspecified atom stereocenters. The van der Waals surface area contributed by atoms with Gasteiger partial charge in [-0.1, -0.05) is 35.3 Å².